The molecule has 1 aliphatic heterocycles. The topological polar surface area (TPSA) is 77.1 Å². The zero-order valence-corrected chi connectivity index (χ0v) is 9.61. The molecule has 0 amide bonds. The average molecular weight is 225 g/mol. The van der Waals surface area contributed by atoms with Crippen molar-refractivity contribution in [3.05, 3.63) is 5.82 Å². The highest BCUT2D eigenvalue weighted by Crippen LogP contribution is 2.19. The smallest absolute Gasteiger partial charge is 0.244 e. The minimum atomic E-state index is -0.0826. The minimum Gasteiger partial charge on any atom is -0.388 e. The maximum atomic E-state index is 8.92. The molecule has 0 radical (unpaired) electrons. The SMILES string of the molecule is CNCC1CCCN(c2n[nH]c(CO)n2)C1. The number of aliphatic hydroxyl groups is 1. The number of aliphatic hydroxyl groups excluding tert-OH is 1. The number of piperidine rings is 1. The van der Waals surface area contributed by atoms with Crippen molar-refractivity contribution in [1.82, 2.24) is 20.5 Å². The van der Waals surface area contributed by atoms with Gasteiger partial charge in [0.25, 0.3) is 0 Å². The maximum absolute atomic E-state index is 8.92. The molecule has 1 aliphatic rings. The molecular weight excluding hydrogens is 206 g/mol. The van der Waals surface area contributed by atoms with E-state index in [9.17, 15) is 0 Å². The Morgan fingerprint density at radius 1 is 1.62 bits per heavy atom. The van der Waals surface area contributed by atoms with Crippen LogP contribution in [0.4, 0.5) is 5.95 Å². The lowest BCUT2D eigenvalue weighted by Crippen LogP contribution is -2.39. The van der Waals surface area contributed by atoms with Gasteiger partial charge in [-0.25, -0.2) is 0 Å². The largest absolute Gasteiger partial charge is 0.388 e. The fraction of sp³-hybridized carbons (Fsp3) is 0.800. The van der Waals surface area contributed by atoms with Crippen molar-refractivity contribution in [3.8, 4) is 0 Å². The molecule has 2 heterocycles. The molecule has 1 fully saturated rings. The molecule has 1 aromatic rings. The summed E-state index contributed by atoms with van der Waals surface area (Å²) in [5.41, 5.74) is 0. The molecule has 1 atom stereocenters. The summed E-state index contributed by atoms with van der Waals surface area (Å²) in [6, 6.07) is 0. The maximum Gasteiger partial charge on any atom is 0.244 e. The van der Waals surface area contributed by atoms with Gasteiger partial charge in [-0.3, -0.25) is 5.10 Å². The van der Waals surface area contributed by atoms with Crippen LogP contribution in [0.15, 0.2) is 0 Å². The summed E-state index contributed by atoms with van der Waals surface area (Å²) >= 11 is 0. The molecular formula is C10H19N5O. The number of hydrogen-bond donors (Lipinski definition) is 3. The van der Waals surface area contributed by atoms with Crippen LogP contribution >= 0.6 is 0 Å². The van der Waals surface area contributed by atoms with Crippen LogP contribution in [0.1, 0.15) is 18.7 Å². The lowest BCUT2D eigenvalue weighted by atomic mass is 9.98. The molecule has 6 heteroatoms. The third-order valence-electron chi connectivity index (χ3n) is 2.96. The van der Waals surface area contributed by atoms with E-state index in [1.165, 1.54) is 12.8 Å². The van der Waals surface area contributed by atoms with Crippen LogP contribution in [0.2, 0.25) is 0 Å². The number of hydrogen-bond acceptors (Lipinski definition) is 5. The highest BCUT2D eigenvalue weighted by molar-refractivity contribution is 5.29. The zero-order chi connectivity index (χ0) is 11.4. The highest BCUT2D eigenvalue weighted by Gasteiger charge is 2.21. The Morgan fingerprint density at radius 3 is 3.19 bits per heavy atom. The summed E-state index contributed by atoms with van der Waals surface area (Å²) in [5.74, 6) is 1.91. The highest BCUT2D eigenvalue weighted by atomic mass is 16.3. The van der Waals surface area contributed by atoms with Gasteiger partial charge in [0.05, 0.1) is 0 Å². The Labute approximate surface area is 95.1 Å². The molecule has 3 N–H and O–H groups in total. The number of aromatic nitrogens is 3. The number of anilines is 1. The van der Waals surface area contributed by atoms with E-state index in [1.54, 1.807) is 0 Å². The summed E-state index contributed by atoms with van der Waals surface area (Å²) in [6.45, 7) is 2.95. The van der Waals surface area contributed by atoms with Crippen LogP contribution in [0.25, 0.3) is 0 Å². The Hall–Kier alpha value is -1.14. The van der Waals surface area contributed by atoms with Gasteiger partial charge in [0.15, 0.2) is 5.82 Å². The summed E-state index contributed by atoms with van der Waals surface area (Å²) in [6.07, 6.45) is 2.43. The first-order valence-electron chi connectivity index (χ1n) is 5.75. The molecule has 0 bridgehead atoms. The molecule has 1 aromatic heterocycles. The van der Waals surface area contributed by atoms with Crippen molar-refractivity contribution < 1.29 is 5.11 Å². The molecule has 2 rings (SSSR count). The van der Waals surface area contributed by atoms with Crippen molar-refractivity contribution in [2.75, 3.05) is 31.6 Å². The third-order valence-corrected chi connectivity index (χ3v) is 2.96. The van der Waals surface area contributed by atoms with Crippen LogP contribution in [0, 0.1) is 5.92 Å². The predicted molar refractivity (Wildman–Crippen MR) is 61.2 cm³/mol. The van der Waals surface area contributed by atoms with Crippen LogP contribution in [-0.2, 0) is 6.61 Å². The van der Waals surface area contributed by atoms with Crippen LogP contribution < -0.4 is 10.2 Å². The van der Waals surface area contributed by atoms with Crippen LogP contribution in [-0.4, -0.2) is 47.0 Å². The van der Waals surface area contributed by atoms with Gasteiger partial charge in [0, 0.05) is 13.1 Å². The van der Waals surface area contributed by atoms with Gasteiger partial charge in [-0.05, 0) is 32.4 Å². The van der Waals surface area contributed by atoms with E-state index in [1.807, 2.05) is 7.05 Å². The van der Waals surface area contributed by atoms with Gasteiger partial charge >= 0.3 is 0 Å². The Bertz CT molecular complexity index is 325. The van der Waals surface area contributed by atoms with E-state index in [0.29, 0.717) is 17.7 Å². The van der Waals surface area contributed by atoms with Crippen molar-refractivity contribution in [3.63, 3.8) is 0 Å². The molecule has 0 aliphatic carbocycles. The normalized spacial score (nSPS) is 21.4. The van der Waals surface area contributed by atoms with Gasteiger partial charge in [-0.2, -0.15) is 4.98 Å². The summed E-state index contributed by atoms with van der Waals surface area (Å²) < 4.78 is 0. The lowest BCUT2D eigenvalue weighted by molar-refractivity contribution is 0.272. The summed E-state index contributed by atoms with van der Waals surface area (Å²) in [7, 11) is 1.98. The summed E-state index contributed by atoms with van der Waals surface area (Å²) in [5, 5.41) is 19.0. The number of rotatable bonds is 4. The van der Waals surface area contributed by atoms with Crippen LogP contribution in [0.5, 0.6) is 0 Å². The first kappa shape index (κ1) is 11.3. The van der Waals surface area contributed by atoms with E-state index in [2.05, 4.69) is 25.4 Å². The van der Waals surface area contributed by atoms with E-state index >= 15 is 0 Å². The first-order chi connectivity index (χ1) is 7.83. The third kappa shape index (κ3) is 2.51. The quantitative estimate of drug-likeness (QED) is 0.657. The molecule has 1 unspecified atom stereocenters. The lowest BCUT2D eigenvalue weighted by Gasteiger charge is -2.31. The van der Waals surface area contributed by atoms with Gasteiger partial charge in [-0.15, -0.1) is 5.10 Å². The van der Waals surface area contributed by atoms with E-state index in [0.717, 1.165) is 19.6 Å². The molecule has 1 saturated heterocycles. The van der Waals surface area contributed by atoms with Crippen molar-refractivity contribution in [2.45, 2.75) is 19.4 Å². The molecule has 16 heavy (non-hydrogen) atoms. The number of nitrogens with one attached hydrogen (secondary N) is 2. The standard InChI is InChI=1S/C10H19N5O/c1-11-5-8-3-2-4-15(6-8)10-12-9(7-16)13-14-10/h8,11,16H,2-7H2,1H3,(H,12,13,14). The Morgan fingerprint density at radius 2 is 2.50 bits per heavy atom. The molecule has 0 aromatic carbocycles. The van der Waals surface area contributed by atoms with Gasteiger partial charge in [-0.1, -0.05) is 0 Å². The van der Waals surface area contributed by atoms with Crippen LogP contribution in [0.3, 0.4) is 0 Å². The second kappa shape index (κ2) is 5.27. The summed E-state index contributed by atoms with van der Waals surface area (Å²) in [4.78, 5) is 6.42. The first-order valence-corrected chi connectivity index (χ1v) is 5.75. The van der Waals surface area contributed by atoms with E-state index in [4.69, 9.17) is 5.11 Å². The van der Waals surface area contributed by atoms with Gasteiger partial charge in [0.1, 0.15) is 6.61 Å². The monoisotopic (exact) mass is 225 g/mol. The molecule has 6 nitrogen and oxygen atoms in total. The second-order valence-corrected chi connectivity index (χ2v) is 4.25. The van der Waals surface area contributed by atoms with Gasteiger partial charge < -0.3 is 15.3 Å². The second-order valence-electron chi connectivity index (χ2n) is 4.25. The number of H-pyrrole nitrogens is 1. The average Bonchev–Trinajstić information content (AvgIpc) is 2.78. The Kier molecular flexibility index (Phi) is 3.74. The van der Waals surface area contributed by atoms with Crippen molar-refractivity contribution in [1.29, 1.82) is 0 Å². The fourth-order valence-electron chi connectivity index (χ4n) is 2.20. The number of aromatic amines is 1. The molecule has 90 valence electrons. The van der Waals surface area contributed by atoms with Crippen molar-refractivity contribution >= 4 is 5.95 Å². The fourth-order valence-corrected chi connectivity index (χ4v) is 2.20. The minimum absolute atomic E-state index is 0.0826. The molecule has 0 spiro atoms. The van der Waals surface area contributed by atoms with E-state index in [-0.39, 0.29) is 6.61 Å². The number of nitrogens with zero attached hydrogens (tertiary/aromatic N) is 3. The molecule has 0 saturated carbocycles. The Balaban J connectivity index is 1.98. The van der Waals surface area contributed by atoms with Crippen molar-refractivity contribution in [2.24, 2.45) is 5.92 Å². The van der Waals surface area contributed by atoms with E-state index < -0.39 is 0 Å². The predicted octanol–water partition coefficient (Wildman–Crippen LogP) is -0.267. The van der Waals surface area contributed by atoms with Gasteiger partial charge in [0.2, 0.25) is 5.95 Å². The zero-order valence-electron chi connectivity index (χ0n) is 9.61.